The maximum atomic E-state index is 13.1. The monoisotopic (exact) mass is 394 g/mol. The van der Waals surface area contributed by atoms with Gasteiger partial charge in [-0.05, 0) is 41.8 Å². The van der Waals surface area contributed by atoms with Gasteiger partial charge in [0.1, 0.15) is 0 Å². The Bertz CT molecular complexity index is 962. The number of hydrogen-bond acceptors (Lipinski definition) is 4. The maximum absolute atomic E-state index is 13.1. The zero-order valence-corrected chi connectivity index (χ0v) is 16.0. The highest BCUT2D eigenvalue weighted by Gasteiger charge is 2.22. The van der Waals surface area contributed by atoms with E-state index < -0.39 is 11.9 Å². The molecule has 1 unspecified atom stereocenters. The van der Waals surface area contributed by atoms with Crippen molar-refractivity contribution in [3.8, 4) is 0 Å². The average Bonchev–Trinajstić information content (AvgIpc) is 2.74. The van der Waals surface area contributed by atoms with E-state index in [0.717, 1.165) is 11.1 Å². The second-order valence-corrected chi connectivity index (χ2v) is 6.61. The molecule has 0 radical (unpaired) electrons. The van der Waals surface area contributed by atoms with Crippen LogP contribution >= 0.6 is 11.6 Å². The predicted octanol–water partition coefficient (Wildman–Crippen LogP) is 4.49. The third-order valence-corrected chi connectivity index (χ3v) is 4.66. The lowest BCUT2D eigenvalue weighted by molar-refractivity contribution is -0.117. The number of rotatable bonds is 6. The number of carbonyl (C=O) groups is 2. The van der Waals surface area contributed by atoms with Gasteiger partial charge in [-0.25, -0.2) is 4.79 Å². The van der Waals surface area contributed by atoms with Crippen molar-refractivity contribution in [2.24, 2.45) is 0 Å². The van der Waals surface area contributed by atoms with Crippen molar-refractivity contribution in [2.45, 2.75) is 12.3 Å². The molecule has 2 aromatic carbocycles. The van der Waals surface area contributed by atoms with Crippen molar-refractivity contribution >= 4 is 29.2 Å². The smallest absolute Gasteiger partial charge is 0.337 e. The molecule has 142 valence electrons. The van der Waals surface area contributed by atoms with Crippen LogP contribution in [0.2, 0.25) is 5.02 Å². The van der Waals surface area contributed by atoms with Gasteiger partial charge in [0.25, 0.3) is 0 Å². The zero-order chi connectivity index (χ0) is 19.9. The fraction of sp³-hybridized carbons (Fsp3) is 0.136. The standard InChI is InChI=1S/C22H19ClN2O3/c1-28-22(27)17-9-10-19(23)20(13-17)25-21(26)18(16-7-3-2-4-8-16)12-15-6-5-11-24-14-15/h2-11,13-14,18H,12H2,1H3,(H,25,26). The highest BCUT2D eigenvalue weighted by Crippen LogP contribution is 2.27. The first-order chi connectivity index (χ1) is 13.6. The lowest BCUT2D eigenvalue weighted by atomic mass is 9.91. The second-order valence-electron chi connectivity index (χ2n) is 6.20. The molecule has 3 rings (SSSR count). The minimum atomic E-state index is -0.498. The van der Waals surface area contributed by atoms with Crippen LogP contribution in [0.15, 0.2) is 73.1 Å². The number of aromatic nitrogens is 1. The van der Waals surface area contributed by atoms with Crippen molar-refractivity contribution in [3.63, 3.8) is 0 Å². The maximum Gasteiger partial charge on any atom is 0.337 e. The summed E-state index contributed by atoms with van der Waals surface area (Å²) in [6.07, 6.45) is 3.92. The lowest BCUT2D eigenvalue weighted by Crippen LogP contribution is -2.23. The van der Waals surface area contributed by atoms with Gasteiger partial charge in [-0.2, -0.15) is 0 Å². The lowest BCUT2D eigenvalue weighted by Gasteiger charge is -2.18. The molecule has 1 amide bonds. The van der Waals surface area contributed by atoms with Crippen LogP contribution in [0.3, 0.4) is 0 Å². The average molecular weight is 395 g/mol. The number of hydrogen-bond donors (Lipinski definition) is 1. The van der Waals surface area contributed by atoms with Crippen molar-refractivity contribution in [3.05, 3.63) is 94.8 Å². The van der Waals surface area contributed by atoms with Gasteiger partial charge >= 0.3 is 5.97 Å². The molecule has 0 aliphatic carbocycles. The molecule has 28 heavy (non-hydrogen) atoms. The number of halogens is 1. The summed E-state index contributed by atoms with van der Waals surface area (Å²) in [6, 6.07) is 17.9. The van der Waals surface area contributed by atoms with Crippen molar-refractivity contribution in [1.29, 1.82) is 0 Å². The molecule has 0 aliphatic heterocycles. The number of nitrogens with zero attached hydrogens (tertiary/aromatic N) is 1. The van der Waals surface area contributed by atoms with Crippen molar-refractivity contribution in [1.82, 2.24) is 4.98 Å². The van der Waals surface area contributed by atoms with Crippen LogP contribution in [-0.4, -0.2) is 24.0 Å². The number of nitrogens with one attached hydrogen (secondary N) is 1. The molecular formula is C22H19ClN2O3. The largest absolute Gasteiger partial charge is 0.465 e. The third kappa shape index (κ3) is 4.75. The Balaban J connectivity index is 1.89. The molecule has 1 atom stereocenters. The molecule has 0 saturated heterocycles. The summed E-state index contributed by atoms with van der Waals surface area (Å²) in [5, 5.41) is 3.19. The zero-order valence-electron chi connectivity index (χ0n) is 15.3. The van der Waals surface area contributed by atoms with E-state index in [9.17, 15) is 9.59 Å². The Labute approximate surface area is 168 Å². The molecule has 0 bridgehead atoms. The number of anilines is 1. The van der Waals surface area contributed by atoms with Crippen LogP contribution < -0.4 is 5.32 Å². The van der Waals surface area contributed by atoms with Gasteiger partial charge in [0.15, 0.2) is 0 Å². The fourth-order valence-corrected chi connectivity index (χ4v) is 3.05. The Morgan fingerprint density at radius 2 is 1.89 bits per heavy atom. The topological polar surface area (TPSA) is 68.3 Å². The minimum Gasteiger partial charge on any atom is -0.465 e. The van der Waals surface area contributed by atoms with Gasteiger partial charge in [0.2, 0.25) is 5.91 Å². The molecule has 1 heterocycles. The third-order valence-electron chi connectivity index (χ3n) is 4.33. The number of carbonyl (C=O) groups excluding carboxylic acids is 2. The summed E-state index contributed by atoms with van der Waals surface area (Å²) in [6.45, 7) is 0. The van der Waals surface area contributed by atoms with Gasteiger partial charge in [0, 0.05) is 12.4 Å². The van der Waals surface area contributed by atoms with E-state index in [2.05, 4.69) is 10.3 Å². The highest BCUT2D eigenvalue weighted by atomic mass is 35.5. The number of benzene rings is 2. The number of pyridine rings is 1. The van der Waals surface area contributed by atoms with E-state index in [1.165, 1.54) is 13.2 Å². The number of amides is 1. The van der Waals surface area contributed by atoms with Crippen LogP contribution in [0.25, 0.3) is 0 Å². The molecule has 3 aromatic rings. The fourth-order valence-electron chi connectivity index (χ4n) is 2.89. The molecule has 0 fully saturated rings. The van der Waals surface area contributed by atoms with E-state index in [-0.39, 0.29) is 5.91 Å². The quantitative estimate of drug-likeness (QED) is 0.625. The molecule has 0 spiro atoms. The SMILES string of the molecule is COC(=O)c1ccc(Cl)c(NC(=O)C(Cc2cccnc2)c2ccccc2)c1. The van der Waals surface area contributed by atoms with E-state index in [4.69, 9.17) is 16.3 Å². The molecule has 0 saturated carbocycles. The summed E-state index contributed by atoms with van der Waals surface area (Å²) in [5.41, 5.74) is 2.50. The van der Waals surface area contributed by atoms with Crippen molar-refractivity contribution < 1.29 is 14.3 Å². The summed E-state index contributed by atoms with van der Waals surface area (Å²) in [7, 11) is 1.30. The highest BCUT2D eigenvalue weighted by molar-refractivity contribution is 6.34. The molecular weight excluding hydrogens is 376 g/mol. The number of ether oxygens (including phenoxy) is 1. The predicted molar refractivity (Wildman–Crippen MR) is 109 cm³/mol. The Morgan fingerprint density at radius 1 is 1.11 bits per heavy atom. The van der Waals surface area contributed by atoms with Gasteiger partial charge in [-0.1, -0.05) is 48.0 Å². The van der Waals surface area contributed by atoms with Gasteiger partial charge in [-0.3, -0.25) is 9.78 Å². The van der Waals surface area contributed by atoms with E-state index in [0.29, 0.717) is 22.7 Å². The van der Waals surface area contributed by atoms with E-state index in [1.807, 2.05) is 42.5 Å². The summed E-state index contributed by atoms with van der Waals surface area (Å²) in [4.78, 5) is 29.0. The Hall–Kier alpha value is -3.18. The van der Waals surface area contributed by atoms with Crippen LogP contribution in [-0.2, 0) is 16.0 Å². The Morgan fingerprint density at radius 3 is 2.57 bits per heavy atom. The minimum absolute atomic E-state index is 0.223. The van der Waals surface area contributed by atoms with E-state index in [1.54, 1.807) is 24.5 Å². The van der Waals surface area contributed by atoms with E-state index >= 15 is 0 Å². The van der Waals surface area contributed by atoms with Crippen LogP contribution in [0, 0.1) is 0 Å². The normalized spacial score (nSPS) is 11.5. The summed E-state index contributed by atoms with van der Waals surface area (Å²) < 4.78 is 4.73. The van der Waals surface area contributed by atoms with Crippen LogP contribution in [0.4, 0.5) is 5.69 Å². The molecule has 1 N–H and O–H groups in total. The van der Waals surface area contributed by atoms with Gasteiger partial charge in [0.05, 0.1) is 29.3 Å². The summed E-state index contributed by atoms with van der Waals surface area (Å²) in [5.74, 6) is -1.16. The van der Waals surface area contributed by atoms with Gasteiger partial charge in [-0.15, -0.1) is 0 Å². The molecule has 6 heteroatoms. The van der Waals surface area contributed by atoms with Crippen LogP contribution in [0.5, 0.6) is 0 Å². The molecule has 1 aromatic heterocycles. The second kappa shape index (κ2) is 9.15. The first kappa shape index (κ1) is 19.6. The molecule has 5 nitrogen and oxygen atoms in total. The van der Waals surface area contributed by atoms with Crippen molar-refractivity contribution in [2.75, 3.05) is 12.4 Å². The first-order valence-corrected chi connectivity index (χ1v) is 9.09. The molecule has 0 aliphatic rings. The number of esters is 1. The first-order valence-electron chi connectivity index (χ1n) is 8.71. The van der Waals surface area contributed by atoms with Crippen LogP contribution in [0.1, 0.15) is 27.4 Å². The Kier molecular flexibility index (Phi) is 6.40. The summed E-state index contributed by atoms with van der Waals surface area (Å²) >= 11 is 6.22. The van der Waals surface area contributed by atoms with Gasteiger partial charge < -0.3 is 10.1 Å². The number of methoxy groups -OCH3 is 1.